The molecule has 0 unspecified atom stereocenters. The predicted octanol–water partition coefficient (Wildman–Crippen LogP) is 1.54. The van der Waals surface area contributed by atoms with Gasteiger partial charge in [-0.2, -0.15) is 0 Å². The van der Waals surface area contributed by atoms with Gasteiger partial charge < -0.3 is 20.5 Å². The normalized spacial score (nSPS) is 10.1. The number of ether oxygens (including phenoxy) is 1. The Morgan fingerprint density at radius 1 is 1.35 bits per heavy atom. The summed E-state index contributed by atoms with van der Waals surface area (Å²) in [6.07, 6.45) is 2.50. The molecule has 0 heterocycles. The number of hydrogen-bond donors (Lipinski definition) is 3. The van der Waals surface area contributed by atoms with Crippen molar-refractivity contribution in [3.05, 3.63) is 29.8 Å². The third-order valence-electron chi connectivity index (χ3n) is 2.91. The van der Waals surface area contributed by atoms with Gasteiger partial charge in [-0.15, -0.1) is 0 Å². The van der Waals surface area contributed by atoms with E-state index in [-0.39, 0.29) is 17.3 Å². The molecule has 0 saturated heterocycles. The first-order valence-electron chi connectivity index (χ1n) is 6.52. The molecule has 1 aromatic carbocycles. The smallest absolute Gasteiger partial charge is 0.341 e. The van der Waals surface area contributed by atoms with Crippen LogP contribution in [0.2, 0.25) is 0 Å². The minimum absolute atomic E-state index is 0.0518. The molecule has 0 radical (unpaired) electrons. The van der Waals surface area contributed by atoms with E-state index in [1.165, 1.54) is 12.1 Å². The van der Waals surface area contributed by atoms with Crippen LogP contribution < -0.4 is 5.73 Å². The quantitative estimate of drug-likeness (QED) is 0.304. The molecule has 4 N–H and O–H groups in total. The van der Waals surface area contributed by atoms with Crippen molar-refractivity contribution >= 4 is 11.9 Å². The Morgan fingerprint density at radius 2 is 2.05 bits per heavy atom. The molecule has 0 atom stereocenters. The molecule has 110 valence electrons. The number of aromatic hydroxyl groups is 1. The van der Waals surface area contributed by atoms with Gasteiger partial charge in [-0.3, -0.25) is 5.41 Å². The Labute approximate surface area is 118 Å². The largest absolute Gasteiger partial charge is 0.507 e. The van der Waals surface area contributed by atoms with Gasteiger partial charge in [0.1, 0.15) is 11.3 Å². The number of rotatable bonds is 7. The summed E-state index contributed by atoms with van der Waals surface area (Å²) in [5, 5.41) is 16.7. The predicted molar refractivity (Wildman–Crippen MR) is 76.8 cm³/mol. The highest BCUT2D eigenvalue weighted by atomic mass is 16.5. The molecular formula is C14H21N3O3. The van der Waals surface area contributed by atoms with E-state index in [2.05, 4.69) is 0 Å². The van der Waals surface area contributed by atoms with Crippen LogP contribution in [0.1, 0.15) is 29.6 Å². The first-order chi connectivity index (χ1) is 9.52. The van der Waals surface area contributed by atoms with Gasteiger partial charge >= 0.3 is 5.97 Å². The van der Waals surface area contributed by atoms with Crippen LogP contribution in [0.4, 0.5) is 0 Å². The number of esters is 1. The molecule has 6 nitrogen and oxygen atoms in total. The molecule has 0 aliphatic heterocycles. The number of nitrogens with zero attached hydrogens (tertiary/aromatic N) is 1. The van der Waals surface area contributed by atoms with E-state index >= 15 is 0 Å². The van der Waals surface area contributed by atoms with Crippen LogP contribution in [0.5, 0.6) is 5.75 Å². The number of benzene rings is 1. The topological polar surface area (TPSA) is 99.6 Å². The zero-order valence-corrected chi connectivity index (χ0v) is 11.6. The van der Waals surface area contributed by atoms with Gasteiger partial charge in [0.25, 0.3) is 0 Å². The van der Waals surface area contributed by atoms with E-state index in [0.29, 0.717) is 13.2 Å². The molecular weight excluding hydrogens is 258 g/mol. The first kappa shape index (κ1) is 15.8. The second-order valence-electron chi connectivity index (χ2n) is 4.52. The zero-order valence-electron chi connectivity index (χ0n) is 11.6. The molecule has 0 bridgehead atoms. The SMILES string of the molecule is CN(CCCCCOC(=O)c1ccccc1O)C(=N)N. The molecule has 0 fully saturated rings. The number of phenols is 1. The maximum absolute atomic E-state index is 11.7. The van der Waals surface area contributed by atoms with Gasteiger partial charge in [0, 0.05) is 13.6 Å². The van der Waals surface area contributed by atoms with Crippen LogP contribution >= 0.6 is 0 Å². The summed E-state index contributed by atoms with van der Waals surface area (Å²) in [6.45, 7) is 1.03. The number of guanidine groups is 1. The lowest BCUT2D eigenvalue weighted by Gasteiger charge is -2.15. The highest BCUT2D eigenvalue weighted by Crippen LogP contribution is 2.16. The monoisotopic (exact) mass is 279 g/mol. The van der Waals surface area contributed by atoms with E-state index in [1.54, 1.807) is 24.1 Å². The van der Waals surface area contributed by atoms with Crippen molar-refractivity contribution in [2.45, 2.75) is 19.3 Å². The van der Waals surface area contributed by atoms with Gasteiger partial charge in [0.05, 0.1) is 6.61 Å². The van der Waals surface area contributed by atoms with E-state index in [0.717, 1.165) is 19.3 Å². The number of nitrogens with two attached hydrogens (primary N) is 1. The van der Waals surface area contributed by atoms with Crippen molar-refractivity contribution in [2.75, 3.05) is 20.2 Å². The Kier molecular flexibility index (Phi) is 6.36. The van der Waals surface area contributed by atoms with Crippen LogP contribution in [0.3, 0.4) is 0 Å². The molecule has 0 aliphatic carbocycles. The van der Waals surface area contributed by atoms with Gasteiger partial charge in [-0.25, -0.2) is 4.79 Å². The summed E-state index contributed by atoms with van der Waals surface area (Å²) in [7, 11) is 1.76. The third-order valence-corrected chi connectivity index (χ3v) is 2.91. The van der Waals surface area contributed by atoms with Crippen LogP contribution in [0.25, 0.3) is 0 Å². The van der Waals surface area contributed by atoms with Crippen molar-refractivity contribution in [1.29, 1.82) is 5.41 Å². The molecule has 0 spiro atoms. The highest BCUT2D eigenvalue weighted by molar-refractivity contribution is 5.92. The fourth-order valence-electron chi connectivity index (χ4n) is 1.64. The average Bonchev–Trinajstić information content (AvgIpc) is 2.42. The molecule has 0 aliphatic rings. The van der Waals surface area contributed by atoms with Gasteiger partial charge in [-0.05, 0) is 31.4 Å². The molecule has 0 saturated carbocycles. The standard InChI is InChI=1S/C14H21N3O3/c1-17(14(15)16)9-5-2-6-10-20-13(19)11-7-3-4-8-12(11)18/h3-4,7-8,18H,2,5-6,9-10H2,1H3,(H3,15,16). The third kappa shape index (κ3) is 5.17. The summed E-state index contributed by atoms with van der Waals surface area (Å²) >= 11 is 0. The molecule has 0 amide bonds. The van der Waals surface area contributed by atoms with Crippen LogP contribution in [-0.4, -0.2) is 42.1 Å². The molecule has 1 rings (SSSR count). The first-order valence-corrected chi connectivity index (χ1v) is 6.52. The molecule has 6 heteroatoms. The molecule has 0 aromatic heterocycles. The number of hydrogen-bond acceptors (Lipinski definition) is 4. The van der Waals surface area contributed by atoms with Crippen molar-refractivity contribution in [2.24, 2.45) is 5.73 Å². The fourth-order valence-corrected chi connectivity index (χ4v) is 1.64. The number of unbranched alkanes of at least 4 members (excludes halogenated alkanes) is 2. The lowest BCUT2D eigenvalue weighted by molar-refractivity contribution is 0.0494. The minimum atomic E-state index is -0.510. The Balaban J connectivity index is 2.17. The lowest BCUT2D eigenvalue weighted by atomic mass is 10.2. The minimum Gasteiger partial charge on any atom is -0.507 e. The summed E-state index contributed by atoms with van der Waals surface area (Å²) in [4.78, 5) is 13.3. The van der Waals surface area contributed by atoms with E-state index in [4.69, 9.17) is 15.9 Å². The molecule has 1 aromatic rings. The van der Waals surface area contributed by atoms with Crippen molar-refractivity contribution in [3.63, 3.8) is 0 Å². The van der Waals surface area contributed by atoms with Crippen LogP contribution in [-0.2, 0) is 4.74 Å². The number of carbonyl (C=O) groups is 1. The summed E-state index contributed by atoms with van der Waals surface area (Å²) in [5.74, 6) is -0.527. The Hall–Kier alpha value is -2.24. The zero-order chi connectivity index (χ0) is 15.0. The van der Waals surface area contributed by atoms with Crippen molar-refractivity contribution in [3.8, 4) is 5.75 Å². The summed E-state index contributed by atoms with van der Waals surface area (Å²) in [5.41, 5.74) is 5.50. The van der Waals surface area contributed by atoms with Crippen LogP contribution in [0, 0.1) is 5.41 Å². The van der Waals surface area contributed by atoms with Crippen molar-refractivity contribution in [1.82, 2.24) is 4.90 Å². The fraction of sp³-hybridized carbons (Fsp3) is 0.429. The second-order valence-corrected chi connectivity index (χ2v) is 4.52. The number of nitrogens with one attached hydrogen (secondary N) is 1. The maximum Gasteiger partial charge on any atom is 0.341 e. The van der Waals surface area contributed by atoms with Gasteiger partial charge in [0.15, 0.2) is 5.96 Å². The Bertz CT molecular complexity index is 463. The summed E-state index contributed by atoms with van der Waals surface area (Å²) < 4.78 is 5.08. The number of para-hydroxylation sites is 1. The van der Waals surface area contributed by atoms with Crippen molar-refractivity contribution < 1.29 is 14.6 Å². The number of carbonyl (C=O) groups excluding carboxylic acids is 1. The Morgan fingerprint density at radius 3 is 2.70 bits per heavy atom. The van der Waals surface area contributed by atoms with Gasteiger partial charge in [-0.1, -0.05) is 12.1 Å². The van der Waals surface area contributed by atoms with Crippen LogP contribution in [0.15, 0.2) is 24.3 Å². The summed E-state index contributed by atoms with van der Waals surface area (Å²) in [6, 6.07) is 6.30. The molecule has 20 heavy (non-hydrogen) atoms. The van der Waals surface area contributed by atoms with E-state index in [1.807, 2.05) is 0 Å². The lowest BCUT2D eigenvalue weighted by Crippen LogP contribution is -2.33. The maximum atomic E-state index is 11.7. The van der Waals surface area contributed by atoms with E-state index in [9.17, 15) is 9.90 Å². The number of phenolic OH excluding ortho intramolecular Hbond substituents is 1. The second kappa shape index (κ2) is 8.04. The average molecular weight is 279 g/mol. The van der Waals surface area contributed by atoms with E-state index < -0.39 is 5.97 Å². The highest BCUT2D eigenvalue weighted by Gasteiger charge is 2.11. The van der Waals surface area contributed by atoms with Gasteiger partial charge in [0.2, 0.25) is 0 Å².